The highest BCUT2D eigenvalue weighted by molar-refractivity contribution is 5.81. The van der Waals surface area contributed by atoms with E-state index in [1.54, 1.807) is 0 Å². The minimum Gasteiger partial charge on any atom is -0.371 e. The predicted molar refractivity (Wildman–Crippen MR) is 79.0 cm³/mol. The first kappa shape index (κ1) is 13.1. The van der Waals surface area contributed by atoms with E-state index in [4.69, 9.17) is 4.74 Å². The first-order valence-electron chi connectivity index (χ1n) is 6.98. The van der Waals surface area contributed by atoms with Crippen molar-refractivity contribution in [1.82, 2.24) is 0 Å². The molecule has 1 unspecified atom stereocenters. The monoisotopic (exact) mass is 268 g/mol. The van der Waals surface area contributed by atoms with Crippen molar-refractivity contribution in [1.29, 1.82) is 0 Å². The minimum atomic E-state index is -0.398. The molecule has 0 N–H and O–H groups in total. The van der Waals surface area contributed by atoms with Crippen LogP contribution in [0.1, 0.15) is 24.0 Å². The van der Waals surface area contributed by atoms with Crippen molar-refractivity contribution in [2.45, 2.75) is 18.9 Å². The third-order valence-electron chi connectivity index (χ3n) is 3.58. The van der Waals surface area contributed by atoms with Crippen molar-refractivity contribution in [2.75, 3.05) is 6.61 Å². The summed E-state index contributed by atoms with van der Waals surface area (Å²) in [7, 11) is 0. The summed E-state index contributed by atoms with van der Waals surface area (Å²) in [5.74, 6) is -0.153. The Kier molecular flexibility index (Phi) is 3.93. The average Bonchev–Trinajstić information content (AvgIpc) is 3.04. The molecule has 20 heavy (non-hydrogen) atoms. The van der Waals surface area contributed by atoms with E-state index >= 15 is 0 Å². The average molecular weight is 268 g/mol. The Morgan fingerprint density at radius 1 is 0.900 bits per heavy atom. The van der Waals surface area contributed by atoms with Gasteiger partial charge in [-0.3, -0.25) is 0 Å². The molecule has 0 radical (unpaired) electrons. The Hall–Kier alpha value is -1.93. The van der Waals surface area contributed by atoms with E-state index in [9.17, 15) is 4.39 Å². The minimum absolute atomic E-state index is 0.153. The highest BCUT2D eigenvalue weighted by Crippen LogP contribution is 2.33. The lowest BCUT2D eigenvalue weighted by Gasteiger charge is -2.14. The number of halogens is 1. The zero-order chi connectivity index (χ0) is 13.8. The highest BCUT2D eigenvalue weighted by Gasteiger charge is 2.24. The van der Waals surface area contributed by atoms with Crippen molar-refractivity contribution in [3.8, 4) is 0 Å². The van der Waals surface area contributed by atoms with Gasteiger partial charge in [0.15, 0.2) is 0 Å². The van der Waals surface area contributed by atoms with Gasteiger partial charge in [-0.25, -0.2) is 4.39 Å². The molecule has 2 aromatic carbocycles. The van der Waals surface area contributed by atoms with Crippen molar-refractivity contribution in [2.24, 2.45) is 0 Å². The van der Waals surface area contributed by atoms with Gasteiger partial charge in [0.05, 0.1) is 0 Å². The number of benzene rings is 2. The molecule has 0 saturated carbocycles. The maximum absolute atomic E-state index is 14.9. The number of hydrogen-bond acceptors (Lipinski definition) is 1. The standard InChI is InChI=1S/C18H17FO/c19-18(16-12-7-13-20-16)17(14-8-3-1-4-9-14)15-10-5-2-6-11-15/h1-6,8-11,16H,7,12-13H2. The quantitative estimate of drug-likeness (QED) is 0.790. The van der Waals surface area contributed by atoms with Gasteiger partial charge in [0.25, 0.3) is 0 Å². The molecule has 0 amide bonds. The summed E-state index contributed by atoms with van der Waals surface area (Å²) in [6.45, 7) is 0.648. The van der Waals surface area contributed by atoms with Gasteiger partial charge in [-0.15, -0.1) is 0 Å². The smallest absolute Gasteiger partial charge is 0.137 e. The SMILES string of the molecule is FC(=C(c1ccccc1)c1ccccc1)C1CCCO1. The maximum Gasteiger partial charge on any atom is 0.137 e. The molecule has 0 spiro atoms. The Morgan fingerprint density at radius 2 is 1.45 bits per heavy atom. The summed E-state index contributed by atoms with van der Waals surface area (Å²) in [4.78, 5) is 0. The zero-order valence-electron chi connectivity index (χ0n) is 11.3. The molecule has 3 rings (SSSR count). The van der Waals surface area contributed by atoms with E-state index in [0.717, 1.165) is 24.0 Å². The van der Waals surface area contributed by atoms with Crippen LogP contribution in [-0.2, 0) is 4.74 Å². The van der Waals surface area contributed by atoms with Crippen LogP contribution >= 0.6 is 0 Å². The molecule has 1 nitrogen and oxygen atoms in total. The van der Waals surface area contributed by atoms with E-state index in [-0.39, 0.29) is 5.83 Å². The van der Waals surface area contributed by atoms with Gasteiger partial charge < -0.3 is 4.74 Å². The van der Waals surface area contributed by atoms with Crippen LogP contribution < -0.4 is 0 Å². The van der Waals surface area contributed by atoms with Crippen LogP contribution in [0.25, 0.3) is 5.57 Å². The Morgan fingerprint density at radius 3 is 1.90 bits per heavy atom. The Balaban J connectivity index is 2.11. The van der Waals surface area contributed by atoms with Crippen LogP contribution in [0.15, 0.2) is 66.5 Å². The van der Waals surface area contributed by atoms with Gasteiger partial charge in [-0.05, 0) is 24.0 Å². The van der Waals surface area contributed by atoms with Gasteiger partial charge >= 0.3 is 0 Å². The van der Waals surface area contributed by atoms with Crippen molar-refractivity contribution in [3.63, 3.8) is 0 Å². The summed E-state index contributed by atoms with van der Waals surface area (Å²) in [5, 5.41) is 0. The molecule has 0 aliphatic carbocycles. The fraction of sp³-hybridized carbons (Fsp3) is 0.222. The van der Waals surface area contributed by atoms with Gasteiger partial charge in [0.2, 0.25) is 0 Å². The molecule has 2 heteroatoms. The lowest BCUT2D eigenvalue weighted by molar-refractivity contribution is 0.120. The third-order valence-corrected chi connectivity index (χ3v) is 3.58. The van der Waals surface area contributed by atoms with E-state index in [1.807, 2.05) is 60.7 Å². The summed E-state index contributed by atoms with van der Waals surface area (Å²) >= 11 is 0. The van der Waals surface area contributed by atoms with Crippen molar-refractivity contribution < 1.29 is 9.13 Å². The topological polar surface area (TPSA) is 9.23 Å². The van der Waals surface area contributed by atoms with Crippen LogP contribution in [0.4, 0.5) is 4.39 Å². The fourth-order valence-corrected chi connectivity index (χ4v) is 2.59. The second kappa shape index (κ2) is 6.02. The Bertz CT molecular complexity index is 542. The molecule has 1 saturated heterocycles. The predicted octanol–water partition coefficient (Wildman–Crippen LogP) is 4.59. The molecule has 1 fully saturated rings. The summed E-state index contributed by atoms with van der Waals surface area (Å²) in [5.41, 5.74) is 2.44. The first-order valence-corrected chi connectivity index (χ1v) is 6.98. The molecule has 102 valence electrons. The second-order valence-corrected chi connectivity index (χ2v) is 4.96. The molecule has 0 aromatic heterocycles. The number of ether oxygens (including phenoxy) is 1. The van der Waals surface area contributed by atoms with Gasteiger partial charge in [-0.1, -0.05) is 60.7 Å². The van der Waals surface area contributed by atoms with Crippen LogP contribution in [0.5, 0.6) is 0 Å². The summed E-state index contributed by atoms with van der Waals surface area (Å²) < 4.78 is 20.4. The molecule has 1 heterocycles. The molecular weight excluding hydrogens is 251 g/mol. The van der Waals surface area contributed by atoms with Crippen LogP contribution in [-0.4, -0.2) is 12.7 Å². The maximum atomic E-state index is 14.9. The normalized spacial score (nSPS) is 17.9. The van der Waals surface area contributed by atoms with Gasteiger partial charge in [-0.2, -0.15) is 0 Å². The first-order chi connectivity index (χ1) is 9.86. The third kappa shape index (κ3) is 2.66. The lowest BCUT2D eigenvalue weighted by Crippen LogP contribution is -2.08. The van der Waals surface area contributed by atoms with Crippen LogP contribution in [0, 0.1) is 0 Å². The largest absolute Gasteiger partial charge is 0.371 e. The number of hydrogen-bond donors (Lipinski definition) is 0. The molecule has 1 atom stereocenters. The summed E-state index contributed by atoms with van der Waals surface area (Å²) in [6, 6.07) is 19.4. The zero-order valence-corrected chi connectivity index (χ0v) is 11.3. The molecule has 0 bridgehead atoms. The second-order valence-electron chi connectivity index (χ2n) is 4.96. The van der Waals surface area contributed by atoms with E-state index < -0.39 is 6.10 Å². The van der Waals surface area contributed by atoms with E-state index in [2.05, 4.69) is 0 Å². The lowest BCUT2D eigenvalue weighted by atomic mass is 9.95. The van der Waals surface area contributed by atoms with Crippen molar-refractivity contribution >= 4 is 5.57 Å². The fourth-order valence-electron chi connectivity index (χ4n) is 2.59. The molecule has 1 aliphatic rings. The van der Waals surface area contributed by atoms with Crippen molar-refractivity contribution in [3.05, 3.63) is 77.6 Å². The van der Waals surface area contributed by atoms with Crippen LogP contribution in [0.2, 0.25) is 0 Å². The Labute approximate surface area is 118 Å². The van der Waals surface area contributed by atoms with Gasteiger partial charge in [0, 0.05) is 12.2 Å². The summed E-state index contributed by atoms with van der Waals surface area (Å²) in [6.07, 6.45) is 1.29. The van der Waals surface area contributed by atoms with E-state index in [1.165, 1.54) is 0 Å². The molecule has 2 aromatic rings. The van der Waals surface area contributed by atoms with Crippen LogP contribution in [0.3, 0.4) is 0 Å². The van der Waals surface area contributed by atoms with Gasteiger partial charge in [0.1, 0.15) is 11.9 Å². The number of rotatable bonds is 3. The highest BCUT2D eigenvalue weighted by atomic mass is 19.1. The molecule has 1 aliphatic heterocycles. The molecular formula is C18H17FO. The van der Waals surface area contributed by atoms with E-state index in [0.29, 0.717) is 12.2 Å².